The molecule has 3 aromatic carbocycles. The minimum atomic E-state index is -0.321. The summed E-state index contributed by atoms with van der Waals surface area (Å²) in [5.74, 6) is -0.505. The van der Waals surface area contributed by atoms with Crippen molar-refractivity contribution in [2.75, 3.05) is 23.3 Å². The Morgan fingerprint density at radius 1 is 0.875 bits per heavy atom. The van der Waals surface area contributed by atoms with E-state index in [0.29, 0.717) is 16.8 Å². The van der Waals surface area contributed by atoms with Crippen molar-refractivity contribution in [3.8, 4) is 0 Å². The molecule has 2 amide bonds. The first-order chi connectivity index (χ1) is 15.5. The molecule has 0 atom stereocenters. The molecule has 0 radical (unpaired) electrons. The molecular formula is C26H28N4O2. The van der Waals surface area contributed by atoms with Crippen LogP contribution in [0.1, 0.15) is 45.7 Å². The van der Waals surface area contributed by atoms with Crippen LogP contribution in [0.3, 0.4) is 0 Å². The zero-order chi connectivity index (χ0) is 22.9. The van der Waals surface area contributed by atoms with E-state index in [1.807, 2.05) is 49.4 Å². The quantitative estimate of drug-likeness (QED) is 0.398. The van der Waals surface area contributed by atoms with Crippen LogP contribution < -0.4 is 15.6 Å². The Kier molecular flexibility index (Phi) is 7.75. The third-order valence-electron chi connectivity index (χ3n) is 5.20. The summed E-state index contributed by atoms with van der Waals surface area (Å²) in [5.41, 5.74) is 7.18. The van der Waals surface area contributed by atoms with E-state index in [1.165, 1.54) is 0 Å². The fourth-order valence-electron chi connectivity index (χ4n) is 3.32. The highest BCUT2D eigenvalue weighted by Gasteiger charge is 2.09. The lowest BCUT2D eigenvalue weighted by Gasteiger charge is -2.20. The molecule has 164 valence electrons. The highest BCUT2D eigenvalue weighted by molar-refractivity contribution is 6.05. The molecule has 0 aliphatic rings. The molecule has 3 rings (SSSR count). The summed E-state index contributed by atoms with van der Waals surface area (Å²) in [4.78, 5) is 27.0. The average Bonchev–Trinajstić information content (AvgIpc) is 2.81. The number of aryl methyl sites for hydroxylation is 1. The molecule has 0 saturated heterocycles. The maximum absolute atomic E-state index is 12.4. The van der Waals surface area contributed by atoms with E-state index in [-0.39, 0.29) is 11.8 Å². The third kappa shape index (κ3) is 5.82. The van der Waals surface area contributed by atoms with Crippen LogP contribution in [0.2, 0.25) is 0 Å². The normalized spacial score (nSPS) is 10.7. The van der Waals surface area contributed by atoms with E-state index in [0.717, 1.165) is 29.9 Å². The second-order valence-electron chi connectivity index (χ2n) is 7.31. The maximum Gasteiger partial charge on any atom is 0.271 e. The predicted octanol–water partition coefficient (Wildman–Crippen LogP) is 4.86. The zero-order valence-electron chi connectivity index (χ0n) is 18.6. The number of carbonyl (C=O) groups is 2. The van der Waals surface area contributed by atoms with Crippen molar-refractivity contribution in [1.82, 2.24) is 5.43 Å². The molecule has 0 heterocycles. The number of rotatable bonds is 8. The standard InChI is InChI=1S/C26H28N4O2/c1-4-30(5-2)23-16-10-20(11-17-23)18-27-29-25(31)21-12-14-22(15-13-21)28-26(32)24-9-7-6-8-19(24)3/h6-18H,4-5H2,1-3H3,(H,28,32)(H,29,31)/b27-18+. The van der Waals surface area contributed by atoms with Crippen molar-refractivity contribution in [3.63, 3.8) is 0 Å². The van der Waals surface area contributed by atoms with Crippen LogP contribution in [-0.4, -0.2) is 31.1 Å². The topological polar surface area (TPSA) is 73.8 Å². The van der Waals surface area contributed by atoms with Gasteiger partial charge in [-0.3, -0.25) is 9.59 Å². The molecule has 32 heavy (non-hydrogen) atoms. The van der Waals surface area contributed by atoms with Gasteiger partial charge in [-0.15, -0.1) is 0 Å². The Bertz CT molecular complexity index is 1090. The van der Waals surface area contributed by atoms with Crippen molar-refractivity contribution >= 4 is 29.4 Å². The number of anilines is 2. The van der Waals surface area contributed by atoms with Gasteiger partial charge in [0.25, 0.3) is 11.8 Å². The van der Waals surface area contributed by atoms with Crippen LogP contribution >= 0.6 is 0 Å². The van der Waals surface area contributed by atoms with E-state index in [4.69, 9.17) is 0 Å². The van der Waals surface area contributed by atoms with Gasteiger partial charge in [-0.2, -0.15) is 5.10 Å². The summed E-state index contributed by atoms with van der Waals surface area (Å²) in [6.45, 7) is 8.04. The number of amides is 2. The second-order valence-corrected chi connectivity index (χ2v) is 7.31. The lowest BCUT2D eigenvalue weighted by Crippen LogP contribution is -2.21. The summed E-state index contributed by atoms with van der Waals surface area (Å²) < 4.78 is 0. The molecule has 2 N–H and O–H groups in total. The Balaban J connectivity index is 1.55. The molecule has 3 aromatic rings. The molecule has 0 aliphatic carbocycles. The van der Waals surface area contributed by atoms with Crippen LogP contribution in [0.15, 0.2) is 77.9 Å². The first-order valence-electron chi connectivity index (χ1n) is 10.7. The summed E-state index contributed by atoms with van der Waals surface area (Å²) in [6.07, 6.45) is 1.61. The average molecular weight is 429 g/mol. The van der Waals surface area contributed by atoms with Gasteiger partial charge in [0.1, 0.15) is 0 Å². The number of nitrogens with one attached hydrogen (secondary N) is 2. The second kappa shape index (κ2) is 10.9. The maximum atomic E-state index is 12.4. The van der Waals surface area contributed by atoms with Crippen molar-refractivity contribution in [2.45, 2.75) is 20.8 Å². The van der Waals surface area contributed by atoms with Gasteiger partial charge in [-0.1, -0.05) is 30.3 Å². The van der Waals surface area contributed by atoms with E-state index in [1.54, 1.807) is 36.5 Å². The molecule has 0 saturated carbocycles. The molecule has 0 fully saturated rings. The van der Waals surface area contributed by atoms with E-state index in [2.05, 4.69) is 34.6 Å². The fourth-order valence-corrected chi connectivity index (χ4v) is 3.32. The minimum absolute atomic E-state index is 0.183. The number of nitrogens with zero attached hydrogens (tertiary/aromatic N) is 2. The van der Waals surface area contributed by atoms with Crippen LogP contribution in [0.25, 0.3) is 0 Å². The van der Waals surface area contributed by atoms with Crippen LogP contribution in [0, 0.1) is 6.92 Å². The van der Waals surface area contributed by atoms with Crippen molar-refractivity contribution in [1.29, 1.82) is 0 Å². The highest BCUT2D eigenvalue weighted by Crippen LogP contribution is 2.15. The van der Waals surface area contributed by atoms with Gasteiger partial charge in [0.2, 0.25) is 0 Å². The molecule has 0 aromatic heterocycles. The number of carbonyl (C=O) groups excluding carboxylic acids is 2. The van der Waals surface area contributed by atoms with Gasteiger partial charge in [0.15, 0.2) is 0 Å². The van der Waals surface area contributed by atoms with E-state index >= 15 is 0 Å². The molecule has 6 heteroatoms. The third-order valence-corrected chi connectivity index (χ3v) is 5.20. The van der Waals surface area contributed by atoms with Gasteiger partial charge in [-0.25, -0.2) is 5.43 Å². The highest BCUT2D eigenvalue weighted by atomic mass is 16.2. The smallest absolute Gasteiger partial charge is 0.271 e. The Morgan fingerprint density at radius 3 is 2.16 bits per heavy atom. The first-order valence-corrected chi connectivity index (χ1v) is 10.7. The largest absolute Gasteiger partial charge is 0.372 e. The lowest BCUT2D eigenvalue weighted by atomic mass is 10.1. The van der Waals surface area contributed by atoms with Crippen molar-refractivity contribution in [2.24, 2.45) is 5.10 Å². The molecule has 0 aliphatic heterocycles. The summed E-state index contributed by atoms with van der Waals surface area (Å²) in [5, 5.41) is 6.89. The van der Waals surface area contributed by atoms with Crippen LogP contribution in [0.5, 0.6) is 0 Å². The van der Waals surface area contributed by atoms with Crippen LogP contribution in [-0.2, 0) is 0 Å². The first kappa shape index (κ1) is 22.7. The molecule has 6 nitrogen and oxygen atoms in total. The lowest BCUT2D eigenvalue weighted by molar-refractivity contribution is 0.0954. The van der Waals surface area contributed by atoms with E-state index < -0.39 is 0 Å². The summed E-state index contributed by atoms with van der Waals surface area (Å²) >= 11 is 0. The van der Waals surface area contributed by atoms with Gasteiger partial charge in [0, 0.05) is 35.6 Å². The van der Waals surface area contributed by atoms with Gasteiger partial charge in [-0.05, 0) is 74.4 Å². The number of hydrazone groups is 1. The number of hydrogen-bond donors (Lipinski definition) is 2. The van der Waals surface area contributed by atoms with Crippen molar-refractivity contribution < 1.29 is 9.59 Å². The van der Waals surface area contributed by atoms with Crippen molar-refractivity contribution in [3.05, 3.63) is 95.1 Å². The van der Waals surface area contributed by atoms with Gasteiger partial charge < -0.3 is 10.2 Å². The Morgan fingerprint density at radius 2 is 1.53 bits per heavy atom. The zero-order valence-corrected chi connectivity index (χ0v) is 18.6. The summed E-state index contributed by atoms with van der Waals surface area (Å²) in [7, 11) is 0. The van der Waals surface area contributed by atoms with Gasteiger partial charge in [0.05, 0.1) is 6.21 Å². The Labute approximate surface area is 189 Å². The monoisotopic (exact) mass is 428 g/mol. The molecular weight excluding hydrogens is 400 g/mol. The minimum Gasteiger partial charge on any atom is -0.372 e. The number of benzene rings is 3. The molecule has 0 spiro atoms. The van der Waals surface area contributed by atoms with Gasteiger partial charge >= 0.3 is 0 Å². The summed E-state index contributed by atoms with van der Waals surface area (Å²) in [6, 6.07) is 22.1. The van der Waals surface area contributed by atoms with Crippen LogP contribution in [0.4, 0.5) is 11.4 Å². The fraction of sp³-hybridized carbons (Fsp3) is 0.192. The number of hydrogen-bond acceptors (Lipinski definition) is 4. The van der Waals surface area contributed by atoms with E-state index in [9.17, 15) is 9.59 Å². The molecule has 0 bridgehead atoms. The Hall–Kier alpha value is -3.93. The SMILES string of the molecule is CCN(CC)c1ccc(/C=N/NC(=O)c2ccc(NC(=O)c3ccccc3C)cc2)cc1. The molecule has 0 unspecified atom stereocenters. The predicted molar refractivity (Wildman–Crippen MR) is 131 cm³/mol.